The van der Waals surface area contributed by atoms with Crippen LogP contribution in [-0.2, 0) is 9.53 Å². The van der Waals surface area contributed by atoms with Gasteiger partial charge in [0.05, 0.1) is 31.5 Å². The number of rotatable bonds is 7. The molecule has 0 aromatic heterocycles. The van der Waals surface area contributed by atoms with Crippen LogP contribution in [0.1, 0.15) is 33.6 Å². The van der Waals surface area contributed by atoms with Crippen LogP contribution in [0.2, 0.25) is 5.02 Å². The van der Waals surface area contributed by atoms with Gasteiger partial charge < -0.3 is 24.4 Å². The van der Waals surface area contributed by atoms with Crippen molar-refractivity contribution < 1.29 is 23.8 Å². The van der Waals surface area contributed by atoms with Gasteiger partial charge in [-0.15, -0.1) is 0 Å². The van der Waals surface area contributed by atoms with Gasteiger partial charge in [0.15, 0.2) is 0 Å². The predicted octanol–water partition coefficient (Wildman–Crippen LogP) is 3.87. The van der Waals surface area contributed by atoms with Gasteiger partial charge in [0.2, 0.25) is 5.91 Å². The number of piperidine rings is 1. The van der Waals surface area contributed by atoms with Crippen LogP contribution in [-0.4, -0.2) is 74.8 Å². The zero-order valence-electron chi connectivity index (χ0n) is 19.3. The van der Waals surface area contributed by atoms with E-state index in [-0.39, 0.29) is 24.5 Å². The highest BCUT2D eigenvalue weighted by Crippen LogP contribution is 2.35. The number of amides is 2. The van der Waals surface area contributed by atoms with Gasteiger partial charge in [0, 0.05) is 26.2 Å². The second kappa shape index (κ2) is 10.9. The van der Waals surface area contributed by atoms with Crippen molar-refractivity contribution in [3.63, 3.8) is 0 Å². The van der Waals surface area contributed by atoms with E-state index in [0.717, 1.165) is 25.9 Å². The molecule has 31 heavy (non-hydrogen) atoms. The molecule has 1 aromatic rings. The van der Waals surface area contributed by atoms with E-state index in [1.54, 1.807) is 24.1 Å². The molecule has 0 aliphatic carbocycles. The second-order valence-electron chi connectivity index (χ2n) is 8.84. The van der Waals surface area contributed by atoms with Crippen LogP contribution in [0.15, 0.2) is 12.1 Å². The lowest BCUT2D eigenvalue weighted by Gasteiger charge is -2.34. The molecule has 0 saturated carbocycles. The molecule has 1 unspecified atom stereocenters. The Balaban J connectivity index is 1.91. The normalized spacial score (nSPS) is 17.1. The van der Waals surface area contributed by atoms with Gasteiger partial charge in [-0.25, -0.2) is 4.79 Å². The van der Waals surface area contributed by atoms with E-state index < -0.39 is 5.60 Å². The molecule has 0 bridgehead atoms. The van der Waals surface area contributed by atoms with Crippen molar-refractivity contribution >= 4 is 29.3 Å². The van der Waals surface area contributed by atoms with Crippen molar-refractivity contribution in [3.05, 3.63) is 17.2 Å². The van der Waals surface area contributed by atoms with Gasteiger partial charge in [-0.1, -0.05) is 11.6 Å². The highest BCUT2D eigenvalue weighted by molar-refractivity contribution is 6.32. The fraction of sp³-hybridized carbons (Fsp3) is 0.636. The zero-order valence-corrected chi connectivity index (χ0v) is 20.0. The molecule has 0 spiro atoms. The van der Waals surface area contributed by atoms with Crippen molar-refractivity contribution in [2.75, 3.05) is 52.8 Å². The van der Waals surface area contributed by atoms with Gasteiger partial charge in [0.25, 0.3) is 0 Å². The second-order valence-corrected chi connectivity index (χ2v) is 9.25. The van der Waals surface area contributed by atoms with E-state index in [0.29, 0.717) is 28.8 Å². The third-order valence-corrected chi connectivity index (χ3v) is 5.25. The number of carbonyl (C=O) groups is 2. The number of nitrogens with zero attached hydrogens (tertiary/aromatic N) is 2. The van der Waals surface area contributed by atoms with Crippen LogP contribution in [0.4, 0.5) is 10.5 Å². The van der Waals surface area contributed by atoms with Crippen molar-refractivity contribution in [3.8, 4) is 11.5 Å². The highest BCUT2D eigenvalue weighted by atomic mass is 35.5. The Hall–Kier alpha value is -2.19. The molecule has 1 saturated heterocycles. The number of hydrogen-bond acceptors (Lipinski definition) is 6. The topological polar surface area (TPSA) is 80.3 Å². The Labute approximate surface area is 189 Å². The smallest absolute Gasteiger partial charge is 0.410 e. The Morgan fingerprint density at radius 2 is 1.90 bits per heavy atom. The molecule has 9 heteroatoms. The number of hydrogen-bond donors (Lipinski definition) is 1. The number of ether oxygens (including phenoxy) is 3. The molecule has 174 valence electrons. The van der Waals surface area contributed by atoms with Crippen LogP contribution >= 0.6 is 11.6 Å². The molecule has 1 fully saturated rings. The van der Waals surface area contributed by atoms with Gasteiger partial charge in [0.1, 0.15) is 17.1 Å². The summed E-state index contributed by atoms with van der Waals surface area (Å²) in [7, 11) is 4.79. The zero-order chi connectivity index (χ0) is 23.2. The number of benzene rings is 1. The Morgan fingerprint density at radius 3 is 2.52 bits per heavy atom. The van der Waals surface area contributed by atoms with Crippen molar-refractivity contribution in [2.45, 2.75) is 39.2 Å². The van der Waals surface area contributed by atoms with Gasteiger partial charge in [-0.05, 0) is 52.1 Å². The summed E-state index contributed by atoms with van der Waals surface area (Å²) in [6.07, 6.45) is 1.65. The van der Waals surface area contributed by atoms with E-state index in [1.807, 2.05) is 20.8 Å². The summed E-state index contributed by atoms with van der Waals surface area (Å²) in [5.41, 5.74) is -0.0236. The van der Waals surface area contributed by atoms with Crippen LogP contribution in [0.3, 0.4) is 0 Å². The average Bonchev–Trinajstić information content (AvgIpc) is 2.67. The molecule has 1 aliphatic rings. The molecular weight excluding hydrogens is 422 g/mol. The SMILES string of the molecule is COc1cc(OC)c(NC(=O)CN2CCCC(CN(C)C(=O)OC(C)(C)C)C2)cc1Cl. The molecule has 1 aromatic carbocycles. The quantitative estimate of drug-likeness (QED) is 0.672. The maximum atomic E-state index is 12.6. The summed E-state index contributed by atoms with van der Waals surface area (Å²) in [4.78, 5) is 28.6. The maximum absolute atomic E-state index is 12.6. The number of methoxy groups -OCH3 is 2. The summed E-state index contributed by atoms with van der Waals surface area (Å²) in [5.74, 6) is 1.08. The van der Waals surface area contributed by atoms with E-state index in [1.165, 1.54) is 14.2 Å². The molecule has 8 nitrogen and oxygen atoms in total. The van der Waals surface area contributed by atoms with Crippen LogP contribution < -0.4 is 14.8 Å². The van der Waals surface area contributed by atoms with Crippen molar-refractivity contribution in [1.29, 1.82) is 0 Å². The molecule has 2 amide bonds. The Morgan fingerprint density at radius 1 is 1.23 bits per heavy atom. The summed E-state index contributed by atoms with van der Waals surface area (Å²) in [5, 5.41) is 3.26. The number of nitrogens with one attached hydrogen (secondary N) is 1. The molecule has 1 N–H and O–H groups in total. The van der Waals surface area contributed by atoms with Crippen LogP contribution in [0.25, 0.3) is 0 Å². The summed E-state index contributed by atoms with van der Waals surface area (Å²) < 4.78 is 15.9. The van der Waals surface area contributed by atoms with Crippen molar-refractivity contribution in [2.24, 2.45) is 5.92 Å². The lowest BCUT2D eigenvalue weighted by molar-refractivity contribution is -0.117. The number of carbonyl (C=O) groups excluding carboxylic acids is 2. The first-order chi connectivity index (χ1) is 14.5. The Bertz CT molecular complexity index is 781. The van der Waals surface area contributed by atoms with E-state index in [2.05, 4.69) is 10.2 Å². The lowest BCUT2D eigenvalue weighted by atomic mass is 9.97. The van der Waals surface area contributed by atoms with E-state index in [4.69, 9.17) is 25.8 Å². The monoisotopic (exact) mass is 455 g/mol. The van der Waals surface area contributed by atoms with Gasteiger partial charge >= 0.3 is 6.09 Å². The third-order valence-electron chi connectivity index (χ3n) is 4.96. The van der Waals surface area contributed by atoms with Gasteiger partial charge in [-0.3, -0.25) is 9.69 Å². The fourth-order valence-corrected chi connectivity index (χ4v) is 3.84. The first-order valence-electron chi connectivity index (χ1n) is 10.4. The summed E-state index contributed by atoms with van der Waals surface area (Å²) >= 11 is 6.18. The molecule has 0 radical (unpaired) electrons. The molecule has 2 rings (SSSR count). The molecule has 1 atom stereocenters. The Kier molecular flexibility index (Phi) is 8.82. The van der Waals surface area contributed by atoms with Crippen LogP contribution in [0.5, 0.6) is 11.5 Å². The van der Waals surface area contributed by atoms with E-state index in [9.17, 15) is 9.59 Å². The maximum Gasteiger partial charge on any atom is 0.410 e. The number of likely N-dealkylation sites (tertiary alicyclic amines) is 1. The average molecular weight is 456 g/mol. The largest absolute Gasteiger partial charge is 0.495 e. The fourth-order valence-electron chi connectivity index (χ4n) is 3.60. The summed E-state index contributed by atoms with van der Waals surface area (Å²) in [6, 6.07) is 3.26. The molecular formula is C22H34ClN3O5. The first kappa shape index (κ1) is 25.1. The minimum Gasteiger partial charge on any atom is -0.495 e. The van der Waals surface area contributed by atoms with Crippen LogP contribution in [0, 0.1) is 5.92 Å². The minimum absolute atomic E-state index is 0.152. The number of anilines is 1. The number of halogens is 1. The van der Waals surface area contributed by atoms with E-state index >= 15 is 0 Å². The minimum atomic E-state index is -0.520. The first-order valence-corrected chi connectivity index (χ1v) is 10.8. The lowest BCUT2D eigenvalue weighted by Crippen LogP contribution is -2.45. The predicted molar refractivity (Wildman–Crippen MR) is 121 cm³/mol. The van der Waals surface area contributed by atoms with Crippen molar-refractivity contribution in [1.82, 2.24) is 9.80 Å². The highest BCUT2D eigenvalue weighted by Gasteiger charge is 2.26. The standard InChI is InChI=1S/C22H34ClN3O5/c1-22(2,3)31-21(28)25(4)12-15-8-7-9-26(13-15)14-20(27)24-17-10-16(23)18(29-5)11-19(17)30-6/h10-11,15H,7-9,12-14H2,1-6H3,(H,24,27). The summed E-state index contributed by atoms with van der Waals surface area (Å²) in [6.45, 7) is 7.97. The van der Waals surface area contributed by atoms with Gasteiger partial charge in [-0.2, -0.15) is 0 Å². The molecule has 1 heterocycles. The third kappa shape index (κ3) is 7.78. The molecule has 1 aliphatic heterocycles.